The van der Waals surface area contributed by atoms with Gasteiger partial charge < -0.3 is 10.6 Å². The lowest BCUT2D eigenvalue weighted by atomic mass is 10.1. The van der Waals surface area contributed by atoms with E-state index in [0.717, 1.165) is 76.2 Å². The summed E-state index contributed by atoms with van der Waals surface area (Å²) in [6.07, 6.45) is 8.49. The molecule has 8 heteroatoms. The Morgan fingerprint density at radius 2 is 2.03 bits per heavy atom. The minimum absolute atomic E-state index is 0.269. The lowest BCUT2D eigenvalue weighted by molar-refractivity contribution is 0.601. The van der Waals surface area contributed by atoms with E-state index in [1.807, 2.05) is 42.7 Å². The minimum atomic E-state index is 0.269. The van der Waals surface area contributed by atoms with Gasteiger partial charge in [-0.2, -0.15) is 5.10 Å². The third-order valence-electron chi connectivity index (χ3n) is 5.55. The normalized spacial score (nSPS) is 17.3. The molecule has 30 heavy (non-hydrogen) atoms. The molecule has 7 nitrogen and oxygen atoms in total. The van der Waals surface area contributed by atoms with Gasteiger partial charge in [0.1, 0.15) is 11.5 Å². The van der Waals surface area contributed by atoms with Crippen molar-refractivity contribution in [2.24, 2.45) is 5.73 Å². The zero-order valence-corrected chi connectivity index (χ0v) is 18.0. The highest BCUT2D eigenvalue weighted by molar-refractivity contribution is 9.10. The summed E-state index contributed by atoms with van der Waals surface area (Å²) in [6, 6.07) is 10.3. The Balaban J connectivity index is 1.55. The second-order valence-corrected chi connectivity index (χ2v) is 8.46. The van der Waals surface area contributed by atoms with Gasteiger partial charge in [0.25, 0.3) is 0 Å². The summed E-state index contributed by atoms with van der Waals surface area (Å²) >= 11 is 3.68. The monoisotopic (exact) mass is 463 g/mol. The van der Waals surface area contributed by atoms with E-state index in [-0.39, 0.29) is 6.04 Å². The quantitative estimate of drug-likeness (QED) is 0.473. The molecule has 0 aliphatic carbocycles. The largest absolute Gasteiger partial charge is 0.356 e. The zero-order valence-electron chi connectivity index (χ0n) is 16.4. The van der Waals surface area contributed by atoms with Crippen molar-refractivity contribution >= 4 is 32.7 Å². The van der Waals surface area contributed by atoms with Crippen LogP contribution in [0.25, 0.3) is 33.5 Å². The third kappa shape index (κ3) is 3.68. The summed E-state index contributed by atoms with van der Waals surface area (Å²) in [7, 11) is 0. The molecular formula is C22H22BrN7. The second kappa shape index (κ2) is 8.12. The van der Waals surface area contributed by atoms with Crippen LogP contribution in [-0.4, -0.2) is 44.3 Å². The van der Waals surface area contributed by atoms with Gasteiger partial charge in [0, 0.05) is 42.5 Å². The highest BCUT2D eigenvalue weighted by Crippen LogP contribution is 2.32. The Kier molecular flexibility index (Phi) is 5.18. The number of anilines is 1. The van der Waals surface area contributed by atoms with Crippen LogP contribution in [0.4, 0.5) is 5.82 Å². The van der Waals surface area contributed by atoms with E-state index >= 15 is 0 Å². The molecule has 0 radical (unpaired) electrons. The first-order chi connectivity index (χ1) is 14.7. The molecule has 1 aliphatic heterocycles. The molecule has 1 saturated heterocycles. The number of nitrogens with two attached hydrogens (primary N) is 1. The van der Waals surface area contributed by atoms with Crippen molar-refractivity contribution < 1.29 is 0 Å². The van der Waals surface area contributed by atoms with Crippen LogP contribution in [-0.2, 0) is 0 Å². The fraction of sp³-hybridized carbons (Fsp3) is 0.273. The molecule has 4 aromatic heterocycles. The number of hydrogen-bond donors (Lipinski definition) is 2. The molecule has 1 aliphatic rings. The van der Waals surface area contributed by atoms with Crippen LogP contribution in [0.5, 0.6) is 0 Å². The summed E-state index contributed by atoms with van der Waals surface area (Å²) in [6.45, 7) is 1.87. The number of aromatic amines is 1. The van der Waals surface area contributed by atoms with E-state index in [2.05, 4.69) is 41.0 Å². The van der Waals surface area contributed by atoms with Gasteiger partial charge >= 0.3 is 0 Å². The van der Waals surface area contributed by atoms with Crippen LogP contribution in [0.1, 0.15) is 19.3 Å². The maximum absolute atomic E-state index is 6.16. The molecule has 0 amide bonds. The first kappa shape index (κ1) is 19.1. The maximum atomic E-state index is 6.16. The lowest BCUT2D eigenvalue weighted by Crippen LogP contribution is -2.27. The van der Waals surface area contributed by atoms with Gasteiger partial charge in [-0.15, -0.1) is 0 Å². The van der Waals surface area contributed by atoms with E-state index in [4.69, 9.17) is 10.7 Å². The zero-order chi connectivity index (χ0) is 20.5. The lowest BCUT2D eigenvalue weighted by Gasteiger charge is -2.23. The Bertz CT molecular complexity index is 1170. The molecule has 0 bridgehead atoms. The van der Waals surface area contributed by atoms with Crippen molar-refractivity contribution in [3.63, 3.8) is 0 Å². The molecule has 4 aromatic rings. The predicted octanol–water partition coefficient (Wildman–Crippen LogP) is 4.16. The Labute approximate surface area is 182 Å². The van der Waals surface area contributed by atoms with E-state index in [1.165, 1.54) is 0 Å². The Morgan fingerprint density at radius 3 is 2.90 bits per heavy atom. The SMILES string of the molecule is N[C@@H]1CCCN(c2nc(-c3n[nH]c4cnc(-c5cccnc5)cc34)ccc2Br)CC1. The molecule has 1 atom stereocenters. The molecule has 3 N–H and O–H groups in total. The number of nitrogens with one attached hydrogen (secondary N) is 1. The molecule has 0 saturated carbocycles. The van der Waals surface area contributed by atoms with Gasteiger partial charge in [-0.05, 0) is 65.5 Å². The van der Waals surface area contributed by atoms with Crippen molar-refractivity contribution in [1.82, 2.24) is 25.1 Å². The topological polar surface area (TPSA) is 96.6 Å². The molecule has 5 rings (SSSR count). The van der Waals surface area contributed by atoms with Crippen LogP contribution in [0.15, 0.2) is 53.4 Å². The molecule has 152 valence electrons. The van der Waals surface area contributed by atoms with Gasteiger partial charge in [-0.1, -0.05) is 0 Å². The van der Waals surface area contributed by atoms with Gasteiger partial charge in [0.2, 0.25) is 0 Å². The summed E-state index contributed by atoms with van der Waals surface area (Å²) in [5.41, 5.74) is 10.5. The van der Waals surface area contributed by atoms with Gasteiger partial charge in [-0.25, -0.2) is 4.98 Å². The highest BCUT2D eigenvalue weighted by Gasteiger charge is 2.19. The molecule has 0 aromatic carbocycles. The fourth-order valence-electron chi connectivity index (χ4n) is 3.90. The van der Waals surface area contributed by atoms with Crippen molar-refractivity contribution in [3.05, 3.63) is 53.4 Å². The summed E-state index contributed by atoms with van der Waals surface area (Å²) < 4.78 is 0.985. The number of pyridine rings is 3. The van der Waals surface area contributed by atoms with Crippen molar-refractivity contribution in [2.75, 3.05) is 18.0 Å². The van der Waals surface area contributed by atoms with Crippen LogP contribution in [0.2, 0.25) is 0 Å². The van der Waals surface area contributed by atoms with Gasteiger partial charge in [0.15, 0.2) is 0 Å². The van der Waals surface area contributed by atoms with E-state index in [9.17, 15) is 0 Å². The average Bonchev–Trinajstić information content (AvgIpc) is 3.08. The van der Waals surface area contributed by atoms with Crippen molar-refractivity contribution in [3.8, 4) is 22.6 Å². The number of nitrogens with zero attached hydrogens (tertiary/aromatic N) is 5. The number of halogens is 1. The molecule has 1 fully saturated rings. The van der Waals surface area contributed by atoms with Gasteiger partial charge in [0.05, 0.1) is 27.6 Å². The molecular weight excluding hydrogens is 442 g/mol. The molecule has 5 heterocycles. The second-order valence-electron chi connectivity index (χ2n) is 7.61. The first-order valence-electron chi connectivity index (χ1n) is 10.1. The smallest absolute Gasteiger partial charge is 0.143 e. The van der Waals surface area contributed by atoms with Crippen LogP contribution in [0, 0.1) is 0 Å². The highest BCUT2D eigenvalue weighted by atomic mass is 79.9. The number of hydrogen-bond acceptors (Lipinski definition) is 6. The van der Waals surface area contributed by atoms with Crippen LogP contribution in [0.3, 0.4) is 0 Å². The predicted molar refractivity (Wildman–Crippen MR) is 122 cm³/mol. The fourth-order valence-corrected chi connectivity index (χ4v) is 4.37. The Morgan fingerprint density at radius 1 is 1.10 bits per heavy atom. The third-order valence-corrected chi connectivity index (χ3v) is 6.17. The van der Waals surface area contributed by atoms with Crippen molar-refractivity contribution in [1.29, 1.82) is 0 Å². The molecule has 0 spiro atoms. The van der Waals surface area contributed by atoms with Gasteiger partial charge in [-0.3, -0.25) is 15.1 Å². The summed E-state index contributed by atoms with van der Waals surface area (Å²) in [5.74, 6) is 0.944. The number of aromatic nitrogens is 5. The standard InChI is InChI=1S/C22H22BrN7/c23-17-5-6-18(27-22(17)30-9-2-4-15(24)7-10-30)21-16-11-19(14-3-1-8-25-12-14)26-13-20(16)28-29-21/h1,3,5-6,8,11-13,15H,2,4,7,9-10,24H2,(H,28,29)/t15-/m1/s1. The number of fused-ring (bicyclic) bond motifs is 1. The van der Waals surface area contributed by atoms with E-state index < -0.39 is 0 Å². The first-order valence-corrected chi connectivity index (χ1v) is 10.9. The Hall–Kier alpha value is -2.84. The summed E-state index contributed by atoms with van der Waals surface area (Å²) in [5, 5.41) is 8.62. The number of rotatable bonds is 3. The van der Waals surface area contributed by atoms with E-state index in [1.54, 1.807) is 6.20 Å². The summed E-state index contributed by atoms with van der Waals surface area (Å²) in [4.78, 5) is 16.0. The van der Waals surface area contributed by atoms with Crippen molar-refractivity contribution in [2.45, 2.75) is 25.3 Å². The molecule has 0 unspecified atom stereocenters. The van der Waals surface area contributed by atoms with E-state index in [0.29, 0.717) is 0 Å². The maximum Gasteiger partial charge on any atom is 0.143 e. The number of H-pyrrole nitrogens is 1. The minimum Gasteiger partial charge on any atom is -0.356 e. The average molecular weight is 464 g/mol. The van der Waals surface area contributed by atoms with Crippen LogP contribution >= 0.6 is 15.9 Å². The van der Waals surface area contributed by atoms with Crippen LogP contribution < -0.4 is 10.6 Å².